The van der Waals surface area contributed by atoms with Crippen molar-refractivity contribution in [3.63, 3.8) is 0 Å². The molecule has 0 heterocycles. The molecule has 1 unspecified atom stereocenters. The van der Waals surface area contributed by atoms with E-state index in [1.807, 2.05) is 13.8 Å². The number of thioether (sulfide) groups is 1. The van der Waals surface area contributed by atoms with Crippen LogP contribution in [0, 0.1) is 12.3 Å². The van der Waals surface area contributed by atoms with Gasteiger partial charge in [-0.25, -0.2) is 7.84 Å². The zero-order valence-electron chi connectivity index (χ0n) is 7.20. The molecule has 0 aromatic carbocycles. The summed E-state index contributed by atoms with van der Waals surface area (Å²) < 4.78 is 16.0. The maximum Gasteiger partial charge on any atom is 0.268 e. The summed E-state index contributed by atoms with van der Waals surface area (Å²) in [5.74, 6) is 3.05. The van der Waals surface area contributed by atoms with Crippen molar-refractivity contribution >= 4 is 44.8 Å². The van der Waals surface area contributed by atoms with E-state index in [1.54, 1.807) is 0 Å². The Labute approximate surface area is 94.2 Å². The van der Waals surface area contributed by atoms with Gasteiger partial charge < -0.3 is 0 Å². The molecule has 0 saturated carbocycles. The first-order chi connectivity index (χ1) is 6.07. The van der Waals surface area contributed by atoms with Gasteiger partial charge in [0.15, 0.2) is 0 Å². The first-order valence-electron chi connectivity index (χ1n) is 3.24. The Morgan fingerprint density at radius 3 is 2.69 bits per heavy atom. The number of rotatable bonds is 5. The second kappa shape index (κ2) is 7.77. The van der Waals surface area contributed by atoms with Crippen LogP contribution >= 0.6 is 34.5 Å². The van der Waals surface area contributed by atoms with Crippen LogP contribution in [0.3, 0.4) is 0 Å². The third-order valence-electron chi connectivity index (χ3n) is 0.858. The van der Waals surface area contributed by atoms with Crippen molar-refractivity contribution < 1.29 is 7.84 Å². The summed E-state index contributed by atoms with van der Waals surface area (Å²) in [5.41, 5.74) is 1.06. The average molecular weight is 257 g/mol. The zero-order chi connectivity index (χ0) is 10.3. The molecule has 0 N–H and O–H groups in total. The van der Waals surface area contributed by atoms with E-state index in [0.29, 0.717) is 5.75 Å². The third kappa shape index (κ3) is 7.47. The summed E-state index contributed by atoms with van der Waals surface area (Å²) in [7, 11) is 3.35. The van der Waals surface area contributed by atoms with Gasteiger partial charge in [0.2, 0.25) is 0 Å². The monoisotopic (exact) mass is 256 g/mol. The predicted octanol–water partition coefficient (Wildman–Crippen LogP) is 3.09. The highest BCUT2D eigenvalue weighted by atomic mass is 35.7. The van der Waals surface area contributed by atoms with Gasteiger partial charge in [0.05, 0.1) is 22.0 Å². The fourth-order valence-electron chi connectivity index (χ4n) is 0.417. The van der Waals surface area contributed by atoms with E-state index in [-0.39, 0.29) is 0 Å². The van der Waals surface area contributed by atoms with Crippen molar-refractivity contribution in [3.05, 3.63) is 9.81 Å². The molecule has 6 heteroatoms. The van der Waals surface area contributed by atoms with Gasteiger partial charge in [0.1, 0.15) is 0 Å². The number of halogens is 1. The zero-order valence-corrected chi connectivity index (χ0v) is 10.4. The molecule has 0 radical (unpaired) electrons. The molecule has 13 heavy (non-hydrogen) atoms. The minimum absolute atomic E-state index is 0.561. The Balaban J connectivity index is 4.06. The SMILES string of the molecule is C#CCSC(SOS(=O)Cl)=C(C)C. The Kier molecular flexibility index (Phi) is 8.01. The van der Waals surface area contributed by atoms with E-state index in [0.717, 1.165) is 21.9 Å². The van der Waals surface area contributed by atoms with Gasteiger partial charge in [-0.05, 0) is 13.8 Å². The van der Waals surface area contributed by atoms with Crippen LogP contribution in [0.2, 0.25) is 0 Å². The largest absolute Gasteiger partial charge is 0.268 e. The number of terminal acetylenes is 1. The summed E-state index contributed by atoms with van der Waals surface area (Å²) in [4.78, 5) is 0. The highest BCUT2D eigenvalue weighted by Gasteiger charge is 2.04. The van der Waals surface area contributed by atoms with Crippen LogP contribution in [0.15, 0.2) is 9.81 Å². The molecule has 0 aliphatic heterocycles. The molecule has 0 spiro atoms. The number of hydrogen-bond acceptors (Lipinski definition) is 4. The Morgan fingerprint density at radius 1 is 1.69 bits per heavy atom. The quantitative estimate of drug-likeness (QED) is 0.429. The summed E-state index contributed by atoms with van der Waals surface area (Å²) >= 11 is 2.45. The highest BCUT2D eigenvalue weighted by Crippen LogP contribution is 2.32. The minimum atomic E-state index is -1.77. The Morgan fingerprint density at radius 2 is 2.31 bits per heavy atom. The predicted molar refractivity (Wildman–Crippen MR) is 62.3 cm³/mol. The topological polar surface area (TPSA) is 26.3 Å². The minimum Gasteiger partial charge on any atom is -0.211 e. The molecular weight excluding hydrogens is 248 g/mol. The van der Waals surface area contributed by atoms with Gasteiger partial charge in [-0.1, -0.05) is 11.5 Å². The smallest absolute Gasteiger partial charge is 0.211 e. The van der Waals surface area contributed by atoms with Crippen LogP contribution in [0.5, 0.6) is 0 Å². The fraction of sp³-hybridized carbons (Fsp3) is 0.429. The molecule has 0 fully saturated rings. The number of allylic oxidation sites excluding steroid dienone is 1. The molecule has 0 amide bonds. The van der Waals surface area contributed by atoms with E-state index >= 15 is 0 Å². The first kappa shape index (κ1) is 13.4. The van der Waals surface area contributed by atoms with Crippen molar-refractivity contribution in [2.24, 2.45) is 0 Å². The Bertz CT molecular complexity index is 253. The normalized spacial score (nSPS) is 11.8. The molecule has 0 aliphatic carbocycles. The van der Waals surface area contributed by atoms with Crippen molar-refractivity contribution in [2.45, 2.75) is 13.8 Å². The third-order valence-corrected chi connectivity index (χ3v) is 4.12. The lowest BCUT2D eigenvalue weighted by Gasteiger charge is -2.03. The van der Waals surface area contributed by atoms with Crippen LogP contribution < -0.4 is 0 Å². The summed E-state index contributed by atoms with van der Waals surface area (Å²) in [6, 6.07) is 0. The second-order valence-corrected chi connectivity index (χ2v) is 5.63. The van der Waals surface area contributed by atoms with Gasteiger partial charge in [-0.15, -0.1) is 18.2 Å². The molecule has 74 valence electrons. The molecule has 2 nitrogen and oxygen atoms in total. The standard InChI is InChI=1S/C7H9ClO2S3/c1-4-5-11-7(6(2)3)12-10-13(8)9/h1H,5H2,2-3H3. The van der Waals surface area contributed by atoms with Gasteiger partial charge in [-0.3, -0.25) is 0 Å². The molecule has 1 atom stereocenters. The molecule has 0 bridgehead atoms. The van der Waals surface area contributed by atoms with Gasteiger partial charge >= 0.3 is 0 Å². The van der Waals surface area contributed by atoms with E-state index in [4.69, 9.17) is 17.1 Å². The summed E-state index contributed by atoms with van der Waals surface area (Å²) in [6.45, 7) is 3.85. The van der Waals surface area contributed by atoms with E-state index < -0.39 is 10.3 Å². The van der Waals surface area contributed by atoms with Gasteiger partial charge in [-0.2, -0.15) is 0 Å². The lowest BCUT2D eigenvalue weighted by atomic mass is 10.4. The number of hydrogen-bond donors (Lipinski definition) is 0. The van der Waals surface area contributed by atoms with Crippen molar-refractivity contribution in [3.8, 4) is 12.3 Å². The molecule has 0 saturated heterocycles. The van der Waals surface area contributed by atoms with Crippen molar-refractivity contribution in [1.29, 1.82) is 0 Å². The second-order valence-electron chi connectivity index (χ2n) is 2.13. The van der Waals surface area contributed by atoms with Crippen LogP contribution in [0.1, 0.15) is 13.8 Å². The van der Waals surface area contributed by atoms with E-state index in [2.05, 4.69) is 9.55 Å². The lowest BCUT2D eigenvalue weighted by molar-refractivity contribution is 0.626. The molecule has 0 rings (SSSR count). The van der Waals surface area contributed by atoms with Gasteiger partial charge in [0, 0.05) is 10.7 Å². The highest BCUT2D eigenvalue weighted by molar-refractivity contribution is 8.24. The molecule has 0 aromatic heterocycles. The Hall–Kier alpha value is 0.400. The fourth-order valence-corrected chi connectivity index (χ4v) is 2.40. The lowest BCUT2D eigenvalue weighted by Crippen LogP contribution is -1.82. The maximum absolute atomic E-state index is 10.4. The first-order valence-corrected chi connectivity index (χ1v) is 6.87. The summed E-state index contributed by atoms with van der Waals surface area (Å²) in [6.07, 6.45) is 5.10. The van der Waals surface area contributed by atoms with Crippen LogP contribution in [-0.2, 0) is 13.9 Å². The van der Waals surface area contributed by atoms with E-state index in [9.17, 15) is 4.21 Å². The van der Waals surface area contributed by atoms with Crippen LogP contribution in [-0.4, -0.2) is 9.96 Å². The summed E-state index contributed by atoms with van der Waals surface area (Å²) in [5, 5.41) is 0. The van der Waals surface area contributed by atoms with E-state index in [1.165, 1.54) is 11.8 Å². The maximum atomic E-state index is 10.4. The molecular formula is C7H9ClO2S3. The van der Waals surface area contributed by atoms with Crippen LogP contribution in [0.4, 0.5) is 0 Å². The molecule has 0 aromatic rings. The van der Waals surface area contributed by atoms with Crippen molar-refractivity contribution in [1.82, 2.24) is 0 Å². The van der Waals surface area contributed by atoms with Crippen LogP contribution in [0.25, 0.3) is 0 Å². The van der Waals surface area contributed by atoms with Gasteiger partial charge in [0.25, 0.3) is 10.3 Å². The average Bonchev–Trinajstić information content (AvgIpc) is 2.03. The molecule has 0 aliphatic rings. The van der Waals surface area contributed by atoms with Crippen molar-refractivity contribution in [2.75, 3.05) is 5.75 Å².